The van der Waals surface area contributed by atoms with Crippen molar-refractivity contribution in [1.29, 1.82) is 0 Å². The zero-order valence-electron chi connectivity index (χ0n) is 14.0. The van der Waals surface area contributed by atoms with E-state index in [0.29, 0.717) is 6.61 Å². The van der Waals surface area contributed by atoms with E-state index < -0.39 is 0 Å². The van der Waals surface area contributed by atoms with Crippen LogP contribution in [0.15, 0.2) is 59.8 Å². The topological polar surface area (TPSA) is 20.2 Å². The third-order valence-corrected chi connectivity index (χ3v) is 3.02. The fourth-order valence-corrected chi connectivity index (χ4v) is 1.13. The predicted molar refractivity (Wildman–Crippen MR) is 92.9 cm³/mol. The maximum Gasteiger partial charge on any atom is 0.0431 e. The van der Waals surface area contributed by atoms with Gasteiger partial charge in [-0.1, -0.05) is 62.8 Å². The summed E-state index contributed by atoms with van der Waals surface area (Å²) in [5.74, 6) is 0. The van der Waals surface area contributed by atoms with E-state index in [1.54, 1.807) is 0 Å². The minimum absolute atomic E-state index is 0.355. The van der Waals surface area contributed by atoms with Gasteiger partial charge in [0.15, 0.2) is 0 Å². The van der Waals surface area contributed by atoms with E-state index in [0.717, 1.165) is 24.0 Å². The molecule has 0 aliphatic heterocycles. The number of hydrogen-bond acceptors (Lipinski definition) is 1. The number of hydrogen-bond donors (Lipinski definition) is 1. The molecule has 1 N–H and O–H groups in total. The highest BCUT2D eigenvalue weighted by Gasteiger charge is 1.89. The molecular formula is C19H32O. The lowest BCUT2D eigenvalue weighted by atomic mass is 10.1. The Bertz CT molecular complexity index is 363. The van der Waals surface area contributed by atoms with Gasteiger partial charge >= 0.3 is 0 Å². The van der Waals surface area contributed by atoms with Gasteiger partial charge in [-0.3, -0.25) is 0 Å². The Labute approximate surface area is 126 Å². The third kappa shape index (κ3) is 13.1. The molecule has 0 unspecified atom stereocenters. The number of unbranched alkanes of at least 4 members (excludes halogenated alkanes) is 2. The first-order valence-corrected chi connectivity index (χ1v) is 7.34. The Kier molecular flexibility index (Phi) is 14.8. The molecule has 0 aromatic rings. The second kappa shape index (κ2) is 14.1. The Morgan fingerprint density at radius 3 is 2.00 bits per heavy atom. The first kappa shape index (κ1) is 21.0. The lowest BCUT2D eigenvalue weighted by Crippen LogP contribution is -1.78. The highest BCUT2D eigenvalue weighted by Crippen LogP contribution is 2.09. The highest BCUT2D eigenvalue weighted by molar-refractivity contribution is 5.38. The van der Waals surface area contributed by atoms with Crippen LogP contribution in [0.1, 0.15) is 53.9 Å². The molecule has 1 heteroatoms. The molecule has 0 aromatic heterocycles. The molecule has 0 amide bonds. The first-order chi connectivity index (χ1) is 9.40. The second-order valence-corrected chi connectivity index (χ2v) is 4.92. The summed E-state index contributed by atoms with van der Waals surface area (Å²) in [5, 5.41) is 8.20. The monoisotopic (exact) mass is 276 g/mol. The maximum atomic E-state index is 8.20. The van der Waals surface area contributed by atoms with E-state index in [9.17, 15) is 0 Å². The Hall–Kier alpha value is -1.34. The molecule has 0 aromatic carbocycles. The summed E-state index contributed by atoms with van der Waals surface area (Å²) >= 11 is 0. The number of aliphatic hydroxyl groups excluding tert-OH is 1. The minimum Gasteiger partial charge on any atom is -0.396 e. The summed E-state index contributed by atoms with van der Waals surface area (Å²) in [6.45, 7) is 18.4. The van der Waals surface area contributed by atoms with Crippen molar-refractivity contribution in [3.63, 3.8) is 0 Å². The number of aliphatic hydroxyl groups is 1. The van der Waals surface area contributed by atoms with Crippen LogP contribution in [-0.2, 0) is 0 Å². The van der Waals surface area contributed by atoms with E-state index in [-0.39, 0.29) is 0 Å². The van der Waals surface area contributed by atoms with Gasteiger partial charge in [0.2, 0.25) is 0 Å². The molecule has 0 aliphatic carbocycles. The molecule has 0 spiro atoms. The van der Waals surface area contributed by atoms with Gasteiger partial charge in [-0.05, 0) is 50.8 Å². The zero-order chi connectivity index (χ0) is 16.0. The van der Waals surface area contributed by atoms with Crippen LogP contribution in [-0.4, -0.2) is 11.7 Å². The van der Waals surface area contributed by atoms with Crippen molar-refractivity contribution in [2.45, 2.75) is 53.9 Å². The quantitative estimate of drug-likeness (QED) is 0.463. The Balaban J connectivity index is 0. The molecule has 0 aliphatic rings. The predicted octanol–water partition coefficient (Wildman–Crippen LogP) is 5.76. The minimum atomic E-state index is 0.355. The van der Waals surface area contributed by atoms with Crippen LogP contribution in [0.25, 0.3) is 0 Å². The first-order valence-electron chi connectivity index (χ1n) is 7.34. The van der Waals surface area contributed by atoms with E-state index >= 15 is 0 Å². The van der Waals surface area contributed by atoms with Gasteiger partial charge in [-0.15, -0.1) is 0 Å². The summed E-state index contributed by atoms with van der Waals surface area (Å²) in [7, 11) is 0. The third-order valence-electron chi connectivity index (χ3n) is 3.02. The Morgan fingerprint density at radius 1 is 1.05 bits per heavy atom. The van der Waals surface area contributed by atoms with Crippen molar-refractivity contribution >= 4 is 0 Å². The van der Waals surface area contributed by atoms with Crippen LogP contribution in [0.5, 0.6) is 0 Å². The van der Waals surface area contributed by atoms with Crippen molar-refractivity contribution < 1.29 is 5.11 Å². The van der Waals surface area contributed by atoms with Gasteiger partial charge in [0.05, 0.1) is 0 Å². The van der Waals surface area contributed by atoms with Crippen LogP contribution >= 0.6 is 0 Å². The molecule has 0 saturated carbocycles. The molecule has 114 valence electrons. The molecule has 0 heterocycles. The molecule has 0 saturated heterocycles. The lowest BCUT2D eigenvalue weighted by molar-refractivity contribution is 0.284. The lowest BCUT2D eigenvalue weighted by Gasteiger charge is -1.98. The molecule has 0 bridgehead atoms. The SMILES string of the molecule is C=C(C)/C(C)=C/C=C\C(=C)/C(C)=C/C.CCCCCO. The van der Waals surface area contributed by atoms with E-state index in [1.165, 1.54) is 17.6 Å². The summed E-state index contributed by atoms with van der Waals surface area (Å²) in [6.07, 6.45) is 11.5. The van der Waals surface area contributed by atoms with Gasteiger partial charge in [0, 0.05) is 6.61 Å². The molecule has 1 nitrogen and oxygen atoms in total. The van der Waals surface area contributed by atoms with Crippen molar-refractivity contribution in [3.8, 4) is 0 Å². The summed E-state index contributed by atoms with van der Waals surface area (Å²) in [4.78, 5) is 0. The molecule has 0 rings (SSSR count). The normalized spacial score (nSPS) is 12.1. The van der Waals surface area contributed by atoms with E-state index in [1.807, 2.05) is 26.0 Å². The number of allylic oxidation sites excluding steroid dienone is 8. The molecule has 0 atom stereocenters. The Morgan fingerprint density at radius 2 is 1.65 bits per heavy atom. The van der Waals surface area contributed by atoms with Gasteiger partial charge in [0.1, 0.15) is 0 Å². The smallest absolute Gasteiger partial charge is 0.0431 e. The van der Waals surface area contributed by atoms with Crippen molar-refractivity contribution in [1.82, 2.24) is 0 Å². The highest BCUT2D eigenvalue weighted by atomic mass is 16.2. The van der Waals surface area contributed by atoms with Crippen molar-refractivity contribution in [2.24, 2.45) is 0 Å². The molecule has 0 radical (unpaired) electrons. The van der Waals surface area contributed by atoms with Gasteiger partial charge in [0.25, 0.3) is 0 Å². The van der Waals surface area contributed by atoms with E-state index in [2.05, 4.69) is 46.1 Å². The fourth-order valence-electron chi connectivity index (χ4n) is 1.13. The zero-order valence-corrected chi connectivity index (χ0v) is 14.0. The van der Waals surface area contributed by atoms with Crippen molar-refractivity contribution in [2.75, 3.05) is 6.61 Å². The molecule has 0 fully saturated rings. The van der Waals surface area contributed by atoms with Crippen LogP contribution in [0.3, 0.4) is 0 Å². The van der Waals surface area contributed by atoms with Crippen LogP contribution in [0.2, 0.25) is 0 Å². The molecular weight excluding hydrogens is 244 g/mol. The fraction of sp³-hybridized carbons (Fsp3) is 0.474. The van der Waals surface area contributed by atoms with Gasteiger partial charge < -0.3 is 5.11 Å². The number of rotatable bonds is 7. The standard InChI is InChI=1S/C14H20.C5H12O/c1-7-12(4)14(6)10-8-9-13(5)11(2)3;1-2-3-4-5-6/h7-10H,2,6H2,1,3-5H3;6H,2-5H2,1H3/b10-8-,12-7+,13-9+;. The van der Waals surface area contributed by atoms with Crippen LogP contribution < -0.4 is 0 Å². The summed E-state index contributed by atoms with van der Waals surface area (Å²) in [6, 6.07) is 0. The van der Waals surface area contributed by atoms with Gasteiger partial charge in [-0.25, -0.2) is 0 Å². The molecule has 20 heavy (non-hydrogen) atoms. The second-order valence-electron chi connectivity index (χ2n) is 4.92. The van der Waals surface area contributed by atoms with Crippen LogP contribution in [0, 0.1) is 0 Å². The van der Waals surface area contributed by atoms with Crippen molar-refractivity contribution in [3.05, 3.63) is 59.8 Å². The van der Waals surface area contributed by atoms with Gasteiger partial charge in [-0.2, -0.15) is 0 Å². The average molecular weight is 276 g/mol. The van der Waals surface area contributed by atoms with E-state index in [4.69, 9.17) is 5.11 Å². The summed E-state index contributed by atoms with van der Waals surface area (Å²) in [5.41, 5.74) is 4.57. The largest absolute Gasteiger partial charge is 0.396 e. The maximum absolute atomic E-state index is 8.20. The van der Waals surface area contributed by atoms with Crippen LogP contribution in [0.4, 0.5) is 0 Å². The summed E-state index contributed by atoms with van der Waals surface area (Å²) < 4.78 is 0. The average Bonchev–Trinajstić information content (AvgIpc) is 2.44.